The highest BCUT2D eigenvalue weighted by atomic mass is 32.1. The maximum atomic E-state index is 11.5. The van der Waals surface area contributed by atoms with E-state index in [4.69, 9.17) is 5.73 Å². The number of esters is 2. The number of ether oxygens (including phenoxy) is 2. The molecule has 5 nitrogen and oxygen atoms in total. The van der Waals surface area contributed by atoms with E-state index in [0.717, 1.165) is 16.9 Å². The van der Waals surface area contributed by atoms with Crippen LogP contribution in [0.5, 0.6) is 0 Å². The molecule has 1 rings (SSSR count). The fourth-order valence-electron chi connectivity index (χ4n) is 1.25. The average Bonchev–Trinajstić information content (AvgIpc) is 2.56. The summed E-state index contributed by atoms with van der Waals surface area (Å²) in [5.41, 5.74) is 7.03. The molecule has 0 amide bonds. The zero-order valence-electron chi connectivity index (χ0n) is 9.33. The van der Waals surface area contributed by atoms with Gasteiger partial charge in [0.2, 0.25) is 0 Å². The van der Waals surface area contributed by atoms with Gasteiger partial charge in [-0.25, -0.2) is 4.79 Å². The van der Waals surface area contributed by atoms with Crippen molar-refractivity contribution in [1.82, 2.24) is 0 Å². The number of thiophene rings is 1. The van der Waals surface area contributed by atoms with Crippen LogP contribution in [0.15, 0.2) is 0 Å². The van der Waals surface area contributed by atoms with Crippen LogP contribution >= 0.6 is 11.3 Å². The summed E-state index contributed by atoms with van der Waals surface area (Å²) in [6, 6.07) is 0. The number of anilines is 1. The van der Waals surface area contributed by atoms with Crippen molar-refractivity contribution < 1.29 is 19.1 Å². The van der Waals surface area contributed by atoms with Crippen LogP contribution < -0.4 is 5.73 Å². The van der Waals surface area contributed by atoms with Gasteiger partial charge in [-0.05, 0) is 18.1 Å². The highest BCUT2D eigenvalue weighted by Crippen LogP contribution is 2.31. The third kappa shape index (κ3) is 2.33. The molecule has 0 aromatic carbocycles. The van der Waals surface area contributed by atoms with E-state index in [2.05, 4.69) is 9.47 Å². The summed E-state index contributed by atoms with van der Waals surface area (Å²) in [5.74, 6) is -0.894. The molecule has 0 spiro atoms. The SMILES string of the molecule is COC(=O)Cc1c(C(=O)OC)sc(N)c1C. The summed E-state index contributed by atoms with van der Waals surface area (Å²) in [6.45, 7) is 1.76. The van der Waals surface area contributed by atoms with Crippen LogP contribution in [0, 0.1) is 6.92 Å². The molecular formula is C10H13NO4S. The Labute approximate surface area is 97.2 Å². The second kappa shape index (κ2) is 4.98. The maximum Gasteiger partial charge on any atom is 0.348 e. The first-order valence-electron chi connectivity index (χ1n) is 4.54. The van der Waals surface area contributed by atoms with Gasteiger partial charge in [0.05, 0.1) is 25.6 Å². The smallest absolute Gasteiger partial charge is 0.348 e. The van der Waals surface area contributed by atoms with Gasteiger partial charge in [-0.3, -0.25) is 4.79 Å². The highest BCUT2D eigenvalue weighted by Gasteiger charge is 2.21. The number of nitrogens with two attached hydrogens (primary N) is 1. The number of carbonyl (C=O) groups is 2. The van der Waals surface area contributed by atoms with Crippen molar-refractivity contribution in [3.63, 3.8) is 0 Å². The van der Waals surface area contributed by atoms with Crippen LogP contribution in [0.4, 0.5) is 5.00 Å². The number of hydrogen-bond acceptors (Lipinski definition) is 6. The average molecular weight is 243 g/mol. The summed E-state index contributed by atoms with van der Waals surface area (Å²) in [5, 5.41) is 0.513. The van der Waals surface area contributed by atoms with Gasteiger partial charge >= 0.3 is 11.9 Å². The van der Waals surface area contributed by atoms with E-state index in [-0.39, 0.29) is 6.42 Å². The minimum atomic E-state index is -0.483. The van der Waals surface area contributed by atoms with E-state index in [1.54, 1.807) is 6.92 Å². The quantitative estimate of drug-likeness (QED) is 0.805. The van der Waals surface area contributed by atoms with E-state index in [9.17, 15) is 9.59 Å². The Morgan fingerprint density at radius 3 is 2.44 bits per heavy atom. The predicted molar refractivity (Wildman–Crippen MR) is 60.5 cm³/mol. The Morgan fingerprint density at radius 1 is 1.31 bits per heavy atom. The molecule has 0 saturated carbocycles. The minimum Gasteiger partial charge on any atom is -0.469 e. The Morgan fingerprint density at radius 2 is 1.94 bits per heavy atom. The summed E-state index contributed by atoms with van der Waals surface area (Å²) in [4.78, 5) is 23.0. The Bertz CT molecular complexity index is 425. The summed E-state index contributed by atoms with van der Waals surface area (Å²) >= 11 is 1.12. The largest absolute Gasteiger partial charge is 0.469 e. The minimum absolute atomic E-state index is 0.0282. The first kappa shape index (κ1) is 12.5. The third-order valence-corrected chi connectivity index (χ3v) is 3.37. The molecule has 0 atom stereocenters. The third-order valence-electron chi connectivity index (χ3n) is 2.23. The topological polar surface area (TPSA) is 78.6 Å². The molecule has 1 aromatic heterocycles. The fraction of sp³-hybridized carbons (Fsp3) is 0.400. The number of carbonyl (C=O) groups excluding carboxylic acids is 2. The first-order valence-corrected chi connectivity index (χ1v) is 5.35. The fourth-order valence-corrected chi connectivity index (χ4v) is 2.27. The molecule has 0 saturated heterocycles. The molecule has 88 valence electrons. The van der Waals surface area contributed by atoms with Crippen molar-refractivity contribution in [2.75, 3.05) is 20.0 Å². The van der Waals surface area contributed by atoms with E-state index >= 15 is 0 Å². The monoisotopic (exact) mass is 243 g/mol. The standard InChI is InChI=1S/C10H13NO4S/c1-5-6(4-7(12)14-2)8(10(13)15-3)16-9(5)11/h4,11H2,1-3H3. The summed E-state index contributed by atoms with van der Waals surface area (Å²) < 4.78 is 9.18. The van der Waals surface area contributed by atoms with E-state index < -0.39 is 11.9 Å². The molecule has 0 aliphatic carbocycles. The highest BCUT2D eigenvalue weighted by molar-refractivity contribution is 7.18. The lowest BCUT2D eigenvalue weighted by molar-refractivity contribution is -0.139. The van der Waals surface area contributed by atoms with Gasteiger partial charge in [-0.2, -0.15) is 0 Å². The van der Waals surface area contributed by atoms with Crippen molar-refractivity contribution in [2.45, 2.75) is 13.3 Å². The van der Waals surface area contributed by atoms with E-state index in [1.807, 2.05) is 0 Å². The van der Waals surface area contributed by atoms with Crippen molar-refractivity contribution in [2.24, 2.45) is 0 Å². The normalized spacial score (nSPS) is 9.94. The zero-order chi connectivity index (χ0) is 12.3. The van der Waals surface area contributed by atoms with Crippen LogP contribution in [0.25, 0.3) is 0 Å². The van der Waals surface area contributed by atoms with Gasteiger partial charge in [-0.1, -0.05) is 0 Å². The molecule has 0 aliphatic heterocycles. The Balaban J connectivity index is 3.13. The lowest BCUT2D eigenvalue weighted by atomic mass is 10.1. The zero-order valence-corrected chi connectivity index (χ0v) is 10.1. The maximum absolute atomic E-state index is 11.5. The number of nitrogen functional groups attached to an aromatic ring is 1. The second-order valence-electron chi connectivity index (χ2n) is 3.14. The van der Waals surface area contributed by atoms with Gasteiger partial charge in [0.1, 0.15) is 4.88 Å². The first-order chi connectivity index (χ1) is 7.51. The van der Waals surface area contributed by atoms with Crippen molar-refractivity contribution >= 4 is 28.3 Å². The predicted octanol–water partition coefficient (Wildman–Crippen LogP) is 1.14. The van der Waals surface area contributed by atoms with Crippen LogP contribution in [-0.2, 0) is 20.7 Å². The Hall–Kier alpha value is -1.56. The molecule has 0 radical (unpaired) electrons. The second-order valence-corrected chi connectivity index (χ2v) is 4.20. The van der Waals surface area contributed by atoms with Crippen LogP contribution in [0.1, 0.15) is 20.8 Å². The van der Waals surface area contributed by atoms with E-state index in [0.29, 0.717) is 15.4 Å². The number of hydrogen-bond donors (Lipinski definition) is 1. The molecule has 0 bridgehead atoms. The summed E-state index contributed by atoms with van der Waals surface area (Å²) in [6.07, 6.45) is 0.0282. The van der Waals surface area contributed by atoms with Gasteiger partial charge in [-0.15, -0.1) is 11.3 Å². The molecule has 16 heavy (non-hydrogen) atoms. The molecule has 2 N–H and O–H groups in total. The number of rotatable bonds is 3. The van der Waals surface area contributed by atoms with Crippen LogP contribution in [0.2, 0.25) is 0 Å². The molecule has 1 heterocycles. The molecule has 0 fully saturated rings. The molecule has 0 unspecified atom stereocenters. The van der Waals surface area contributed by atoms with Gasteiger partial charge in [0.25, 0.3) is 0 Å². The van der Waals surface area contributed by atoms with Crippen LogP contribution in [0.3, 0.4) is 0 Å². The molecular weight excluding hydrogens is 230 g/mol. The Kier molecular flexibility index (Phi) is 3.89. The van der Waals surface area contributed by atoms with Gasteiger partial charge < -0.3 is 15.2 Å². The van der Waals surface area contributed by atoms with Crippen molar-refractivity contribution in [3.05, 3.63) is 16.0 Å². The molecule has 6 heteroatoms. The molecule has 1 aromatic rings. The van der Waals surface area contributed by atoms with Gasteiger partial charge in [0, 0.05) is 0 Å². The number of methoxy groups -OCH3 is 2. The lowest BCUT2D eigenvalue weighted by Gasteiger charge is -2.02. The molecule has 0 aliphatic rings. The van der Waals surface area contributed by atoms with Crippen molar-refractivity contribution in [1.29, 1.82) is 0 Å². The van der Waals surface area contributed by atoms with E-state index in [1.165, 1.54) is 14.2 Å². The van der Waals surface area contributed by atoms with Crippen LogP contribution in [-0.4, -0.2) is 26.2 Å². The van der Waals surface area contributed by atoms with Crippen molar-refractivity contribution in [3.8, 4) is 0 Å². The summed E-state index contributed by atoms with van der Waals surface area (Å²) in [7, 11) is 2.58. The lowest BCUT2D eigenvalue weighted by Crippen LogP contribution is -2.09. The van der Waals surface area contributed by atoms with Gasteiger partial charge in [0.15, 0.2) is 0 Å².